The Morgan fingerprint density at radius 3 is 2.48 bits per heavy atom. The standard InChI is InChI=1S/C17H19N3O3/c1-12-9-18-20(10-12)14-5-3-13(4-6-14)15(21)19-8-7-17(2,11-19)16(22)23/h3-6,9-10H,7-8,11H2,1-2H3,(H,22,23). The Balaban J connectivity index is 1.75. The lowest BCUT2D eigenvalue weighted by molar-refractivity contribution is -0.147. The van der Waals surface area contributed by atoms with Gasteiger partial charge in [0.1, 0.15) is 0 Å². The van der Waals surface area contributed by atoms with Crippen molar-refractivity contribution in [1.29, 1.82) is 0 Å². The Labute approximate surface area is 134 Å². The van der Waals surface area contributed by atoms with Gasteiger partial charge in [-0.15, -0.1) is 0 Å². The fraction of sp³-hybridized carbons (Fsp3) is 0.353. The van der Waals surface area contributed by atoms with E-state index in [0.717, 1.165) is 11.3 Å². The SMILES string of the molecule is Cc1cnn(-c2ccc(C(=O)N3CCC(C)(C(=O)O)C3)cc2)c1. The van der Waals surface area contributed by atoms with Gasteiger partial charge in [-0.1, -0.05) is 0 Å². The van der Waals surface area contributed by atoms with E-state index in [4.69, 9.17) is 0 Å². The molecule has 6 nitrogen and oxygen atoms in total. The van der Waals surface area contributed by atoms with E-state index in [1.54, 1.807) is 34.8 Å². The zero-order valence-corrected chi connectivity index (χ0v) is 13.2. The van der Waals surface area contributed by atoms with Crippen molar-refractivity contribution in [3.63, 3.8) is 0 Å². The fourth-order valence-electron chi connectivity index (χ4n) is 2.80. The van der Waals surface area contributed by atoms with Crippen LogP contribution in [0.4, 0.5) is 0 Å². The molecule has 1 N–H and O–H groups in total. The fourth-order valence-corrected chi connectivity index (χ4v) is 2.80. The molecule has 0 bridgehead atoms. The lowest BCUT2D eigenvalue weighted by Crippen LogP contribution is -2.34. The maximum absolute atomic E-state index is 12.5. The number of carboxylic acids is 1. The number of benzene rings is 1. The van der Waals surface area contributed by atoms with Gasteiger partial charge in [0, 0.05) is 24.8 Å². The highest BCUT2D eigenvalue weighted by Gasteiger charge is 2.42. The molecule has 1 aliphatic heterocycles. The number of rotatable bonds is 3. The summed E-state index contributed by atoms with van der Waals surface area (Å²) in [5.74, 6) is -0.977. The summed E-state index contributed by atoms with van der Waals surface area (Å²) < 4.78 is 1.75. The van der Waals surface area contributed by atoms with Crippen molar-refractivity contribution in [3.8, 4) is 5.69 Å². The van der Waals surface area contributed by atoms with E-state index in [-0.39, 0.29) is 12.5 Å². The Morgan fingerprint density at radius 2 is 1.96 bits per heavy atom. The highest BCUT2D eigenvalue weighted by molar-refractivity contribution is 5.95. The predicted molar refractivity (Wildman–Crippen MR) is 84.6 cm³/mol. The zero-order valence-electron chi connectivity index (χ0n) is 13.2. The van der Waals surface area contributed by atoms with E-state index in [1.165, 1.54) is 0 Å². The van der Waals surface area contributed by atoms with Crippen LogP contribution >= 0.6 is 0 Å². The van der Waals surface area contributed by atoms with Gasteiger partial charge in [-0.2, -0.15) is 5.10 Å². The number of likely N-dealkylation sites (tertiary alicyclic amines) is 1. The summed E-state index contributed by atoms with van der Waals surface area (Å²) in [5.41, 5.74) is 1.66. The summed E-state index contributed by atoms with van der Waals surface area (Å²) in [5, 5.41) is 13.5. The first-order chi connectivity index (χ1) is 10.9. The predicted octanol–water partition coefficient (Wildman–Crippen LogP) is 2.12. The molecule has 0 radical (unpaired) electrons. The van der Waals surface area contributed by atoms with Crippen LogP contribution in [0.25, 0.3) is 5.69 Å². The summed E-state index contributed by atoms with van der Waals surface area (Å²) in [7, 11) is 0. The van der Waals surface area contributed by atoms with E-state index in [1.807, 2.05) is 25.3 Å². The molecule has 0 aliphatic carbocycles. The molecule has 2 aromatic rings. The van der Waals surface area contributed by atoms with Gasteiger partial charge in [0.15, 0.2) is 0 Å². The quantitative estimate of drug-likeness (QED) is 0.942. The summed E-state index contributed by atoms with van der Waals surface area (Å²) in [6.07, 6.45) is 4.17. The molecule has 0 saturated carbocycles. The van der Waals surface area contributed by atoms with Crippen LogP contribution < -0.4 is 0 Å². The molecule has 1 fully saturated rings. The van der Waals surface area contributed by atoms with Crippen LogP contribution in [0, 0.1) is 12.3 Å². The first kappa shape index (κ1) is 15.3. The maximum atomic E-state index is 12.5. The van der Waals surface area contributed by atoms with Crippen LogP contribution in [-0.4, -0.2) is 44.8 Å². The number of aromatic nitrogens is 2. The number of hydrogen-bond donors (Lipinski definition) is 1. The highest BCUT2D eigenvalue weighted by atomic mass is 16.4. The molecule has 23 heavy (non-hydrogen) atoms. The van der Waals surface area contributed by atoms with Crippen LogP contribution in [-0.2, 0) is 4.79 Å². The van der Waals surface area contributed by atoms with Crippen LogP contribution in [0.15, 0.2) is 36.7 Å². The number of carbonyl (C=O) groups excluding carboxylic acids is 1. The summed E-state index contributed by atoms with van der Waals surface area (Å²) in [6, 6.07) is 7.19. The van der Waals surface area contributed by atoms with E-state index in [2.05, 4.69) is 5.10 Å². The highest BCUT2D eigenvalue weighted by Crippen LogP contribution is 2.31. The molecule has 6 heteroatoms. The van der Waals surface area contributed by atoms with E-state index >= 15 is 0 Å². The molecule has 1 saturated heterocycles. The largest absolute Gasteiger partial charge is 0.481 e. The molecule has 120 valence electrons. The van der Waals surface area contributed by atoms with Crippen molar-refractivity contribution in [2.75, 3.05) is 13.1 Å². The summed E-state index contributed by atoms with van der Waals surface area (Å²) in [6.45, 7) is 4.38. The van der Waals surface area contributed by atoms with Gasteiger partial charge < -0.3 is 10.0 Å². The van der Waals surface area contributed by atoms with Crippen molar-refractivity contribution < 1.29 is 14.7 Å². The third-order valence-electron chi connectivity index (χ3n) is 4.37. The number of aryl methyl sites for hydroxylation is 1. The zero-order chi connectivity index (χ0) is 16.6. The minimum Gasteiger partial charge on any atom is -0.481 e. The molecule has 0 spiro atoms. The second-order valence-corrected chi connectivity index (χ2v) is 6.35. The first-order valence-electron chi connectivity index (χ1n) is 7.53. The average molecular weight is 313 g/mol. The Bertz CT molecular complexity index is 751. The maximum Gasteiger partial charge on any atom is 0.311 e. The van der Waals surface area contributed by atoms with Gasteiger partial charge in [-0.3, -0.25) is 9.59 Å². The van der Waals surface area contributed by atoms with E-state index in [0.29, 0.717) is 18.5 Å². The molecular weight excluding hydrogens is 294 g/mol. The van der Waals surface area contributed by atoms with Crippen LogP contribution in [0.3, 0.4) is 0 Å². The summed E-state index contributed by atoms with van der Waals surface area (Å²) >= 11 is 0. The van der Waals surface area contributed by atoms with Gasteiger partial charge in [0.25, 0.3) is 5.91 Å². The lowest BCUT2D eigenvalue weighted by atomic mass is 9.90. The number of carboxylic acid groups (broad SMARTS) is 1. The number of amides is 1. The number of aliphatic carboxylic acids is 1. The minimum atomic E-state index is -0.850. The van der Waals surface area contributed by atoms with Crippen LogP contribution in [0.1, 0.15) is 29.3 Å². The monoisotopic (exact) mass is 313 g/mol. The first-order valence-corrected chi connectivity index (χ1v) is 7.53. The number of hydrogen-bond acceptors (Lipinski definition) is 3. The average Bonchev–Trinajstić information content (AvgIpc) is 3.14. The van der Waals surface area contributed by atoms with Crippen LogP contribution in [0.5, 0.6) is 0 Å². The molecular formula is C17H19N3O3. The Kier molecular flexibility index (Phi) is 3.67. The molecule has 3 rings (SSSR count). The van der Waals surface area contributed by atoms with Gasteiger partial charge in [-0.25, -0.2) is 4.68 Å². The second-order valence-electron chi connectivity index (χ2n) is 6.35. The molecule has 2 heterocycles. The Hall–Kier alpha value is -2.63. The summed E-state index contributed by atoms with van der Waals surface area (Å²) in [4.78, 5) is 25.4. The minimum absolute atomic E-state index is 0.127. The van der Waals surface area contributed by atoms with E-state index in [9.17, 15) is 14.7 Å². The van der Waals surface area contributed by atoms with Gasteiger partial charge in [0.05, 0.1) is 17.3 Å². The molecule has 1 aliphatic rings. The number of carbonyl (C=O) groups is 2. The molecule has 1 unspecified atom stereocenters. The van der Waals surface area contributed by atoms with Gasteiger partial charge >= 0.3 is 5.97 Å². The van der Waals surface area contributed by atoms with Gasteiger partial charge in [-0.05, 0) is 50.1 Å². The van der Waals surface area contributed by atoms with Crippen molar-refractivity contribution in [1.82, 2.24) is 14.7 Å². The molecule has 1 amide bonds. The smallest absolute Gasteiger partial charge is 0.311 e. The van der Waals surface area contributed by atoms with E-state index < -0.39 is 11.4 Å². The number of nitrogens with zero attached hydrogens (tertiary/aromatic N) is 3. The van der Waals surface area contributed by atoms with Crippen molar-refractivity contribution in [2.45, 2.75) is 20.3 Å². The van der Waals surface area contributed by atoms with Crippen molar-refractivity contribution >= 4 is 11.9 Å². The van der Waals surface area contributed by atoms with Crippen LogP contribution in [0.2, 0.25) is 0 Å². The molecule has 1 aromatic heterocycles. The molecule has 1 atom stereocenters. The Morgan fingerprint density at radius 1 is 1.26 bits per heavy atom. The third kappa shape index (κ3) is 2.84. The third-order valence-corrected chi connectivity index (χ3v) is 4.37. The van der Waals surface area contributed by atoms with Crippen molar-refractivity contribution in [3.05, 3.63) is 47.8 Å². The normalized spacial score (nSPS) is 20.7. The van der Waals surface area contributed by atoms with Crippen molar-refractivity contribution in [2.24, 2.45) is 5.41 Å². The lowest BCUT2D eigenvalue weighted by Gasteiger charge is -2.20. The molecule has 1 aromatic carbocycles. The van der Waals surface area contributed by atoms with Gasteiger partial charge in [0.2, 0.25) is 0 Å². The topological polar surface area (TPSA) is 75.4 Å². The second kappa shape index (κ2) is 5.53.